The first-order valence-corrected chi connectivity index (χ1v) is 25.2. The molecule has 0 atom stereocenters. The van der Waals surface area contributed by atoms with Crippen molar-refractivity contribution in [1.29, 1.82) is 5.41 Å². The number of anilines is 4. The van der Waals surface area contributed by atoms with Gasteiger partial charge in [0.25, 0.3) is 0 Å². The number of hydrogen-bond acceptors (Lipinski definition) is 3. The van der Waals surface area contributed by atoms with Crippen LogP contribution in [-0.2, 0) is 0 Å². The van der Waals surface area contributed by atoms with Crippen molar-refractivity contribution in [2.45, 2.75) is 0 Å². The zero-order chi connectivity index (χ0) is 49.6. The van der Waals surface area contributed by atoms with E-state index in [1.165, 1.54) is 43.8 Å². The van der Waals surface area contributed by atoms with Crippen molar-refractivity contribution in [2.75, 3.05) is 10.2 Å². The van der Waals surface area contributed by atoms with Crippen LogP contribution in [0.4, 0.5) is 22.7 Å². The monoisotopic (exact) mass is 945 g/mol. The fourth-order valence-electron chi connectivity index (χ4n) is 10.3. The number of nitrogens with zero attached hydrogens (tertiary/aromatic N) is 1. The Kier molecular flexibility index (Phi) is 12.5. The molecular weight excluding hydrogens is 895 g/mol. The van der Waals surface area contributed by atoms with Crippen LogP contribution < -0.4 is 10.2 Å². The van der Waals surface area contributed by atoms with Crippen molar-refractivity contribution in [1.82, 2.24) is 0 Å². The van der Waals surface area contributed by atoms with Gasteiger partial charge in [-0.15, -0.1) is 0 Å². The number of hydrogen-bond donors (Lipinski definition) is 2. The van der Waals surface area contributed by atoms with Crippen LogP contribution in [0.2, 0.25) is 0 Å². The fourth-order valence-corrected chi connectivity index (χ4v) is 10.3. The molecule has 0 aliphatic carbocycles. The average molecular weight is 946 g/mol. The summed E-state index contributed by atoms with van der Waals surface area (Å²) >= 11 is 0. The summed E-state index contributed by atoms with van der Waals surface area (Å²) in [6.45, 7) is 0. The summed E-state index contributed by atoms with van der Waals surface area (Å²) in [5.41, 5.74) is 18.9. The topological polar surface area (TPSA) is 39.1 Å². The molecule has 3 heteroatoms. The third-order valence-corrected chi connectivity index (χ3v) is 14.0. The van der Waals surface area contributed by atoms with Gasteiger partial charge in [0, 0.05) is 28.4 Å². The number of nitrogens with one attached hydrogen (secondary N) is 2. The van der Waals surface area contributed by atoms with Crippen molar-refractivity contribution in [2.24, 2.45) is 0 Å². The maximum Gasteiger partial charge on any atom is 0.0633 e. The maximum atomic E-state index is 9.46. The Hall–Kier alpha value is -9.83. The van der Waals surface area contributed by atoms with Crippen LogP contribution in [0.1, 0.15) is 11.1 Å². The Morgan fingerprint density at radius 1 is 0.297 bits per heavy atom. The van der Waals surface area contributed by atoms with Crippen LogP contribution in [0.5, 0.6) is 0 Å². The summed E-state index contributed by atoms with van der Waals surface area (Å²) in [4.78, 5) is 2.29. The van der Waals surface area contributed by atoms with Gasteiger partial charge in [-0.2, -0.15) is 0 Å². The molecule has 74 heavy (non-hydrogen) atoms. The van der Waals surface area contributed by atoms with E-state index in [1.807, 2.05) is 6.08 Å². The smallest absolute Gasteiger partial charge is 0.0633 e. The van der Waals surface area contributed by atoms with Crippen LogP contribution in [0.15, 0.2) is 297 Å². The van der Waals surface area contributed by atoms with E-state index in [-0.39, 0.29) is 0 Å². The molecule has 0 saturated heterocycles. The lowest BCUT2D eigenvalue weighted by atomic mass is 9.89. The SMILES string of the molecule is N=C(/C=C(\Nc1ccc(-c2ccccc2-c2ccccc2-c2ccc(N(c3ccccc3)c3ccccc3)cc2)cc1)c1ccc(-c2cccc3ccccc23)cc1)c1ccc(-c2cccc3ccccc23)cc1. The van der Waals surface area contributed by atoms with Gasteiger partial charge in [0.15, 0.2) is 0 Å². The number of rotatable bonds is 13. The van der Waals surface area contributed by atoms with Gasteiger partial charge in [-0.1, -0.05) is 243 Å². The lowest BCUT2D eigenvalue weighted by Crippen LogP contribution is -2.09. The van der Waals surface area contributed by atoms with Crippen LogP contribution in [-0.4, -0.2) is 5.71 Å². The predicted octanol–water partition coefficient (Wildman–Crippen LogP) is 19.3. The summed E-state index contributed by atoms with van der Waals surface area (Å²) in [6.07, 6.45) is 1.95. The van der Waals surface area contributed by atoms with Gasteiger partial charge < -0.3 is 15.6 Å². The highest BCUT2D eigenvalue weighted by atomic mass is 15.1. The molecule has 2 N–H and O–H groups in total. The minimum Gasteiger partial charge on any atom is -0.355 e. The largest absolute Gasteiger partial charge is 0.355 e. The van der Waals surface area contributed by atoms with Crippen molar-refractivity contribution >= 4 is 55.7 Å². The number of fused-ring (bicyclic) bond motifs is 2. The van der Waals surface area contributed by atoms with Crippen LogP contribution in [0.3, 0.4) is 0 Å². The van der Waals surface area contributed by atoms with Crippen LogP contribution in [0.25, 0.3) is 82.9 Å². The molecule has 0 unspecified atom stereocenters. The summed E-state index contributed by atoms with van der Waals surface area (Å²) in [5.74, 6) is 0. The Morgan fingerprint density at radius 2 is 0.649 bits per heavy atom. The van der Waals surface area contributed by atoms with Gasteiger partial charge in [-0.25, -0.2) is 0 Å². The van der Waals surface area contributed by atoms with E-state index in [0.29, 0.717) is 5.71 Å². The van der Waals surface area contributed by atoms with Crippen molar-refractivity contribution in [3.05, 3.63) is 308 Å². The second-order valence-corrected chi connectivity index (χ2v) is 18.5. The summed E-state index contributed by atoms with van der Waals surface area (Å²) in [6, 6.07) is 103. The van der Waals surface area contributed by atoms with E-state index in [0.717, 1.165) is 73.0 Å². The van der Waals surface area contributed by atoms with E-state index in [9.17, 15) is 5.41 Å². The van der Waals surface area contributed by atoms with E-state index >= 15 is 0 Å². The summed E-state index contributed by atoms with van der Waals surface area (Å²) < 4.78 is 0. The second-order valence-electron chi connectivity index (χ2n) is 18.5. The third kappa shape index (κ3) is 9.30. The zero-order valence-corrected chi connectivity index (χ0v) is 40.7. The van der Waals surface area contributed by atoms with Crippen molar-refractivity contribution in [3.8, 4) is 55.6 Å². The molecule has 0 heterocycles. The highest BCUT2D eigenvalue weighted by Crippen LogP contribution is 2.41. The molecule has 0 aromatic heterocycles. The van der Waals surface area contributed by atoms with Gasteiger partial charge in [0.2, 0.25) is 0 Å². The van der Waals surface area contributed by atoms with Crippen molar-refractivity contribution < 1.29 is 0 Å². The first kappa shape index (κ1) is 45.3. The summed E-state index contributed by atoms with van der Waals surface area (Å²) in [7, 11) is 0. The molecule has 350 valence electrons. The van der Waals surface area contributed by atoms with Crippen molar-refractivity contribution in [3.63, 3.8) is 0 Å². The second kappa shape index (κ2) is 20.5. The average Bonchev–Trinajstić information content (AvgIpc) is 3.48. The number of para-hydroxylation sites is 2. The Morgan fingerprint density at radius 3 is 1.15 bits per heavy atom. The molecule has 3 nitrogen and oxygen atoms in total. The standard InChI is InChI=1S/C71H51N3/c72-70(56-37-33-52(34-38-56)64-31-15-19-50-17-7-9-25-62(50)64)49-71(57-39-35-53(36-40-57)65-32-16-20-51-18-8-10-26-63(51)65)73-58-45-41-54(42-46-58)66-27-11-13-29-68(66)69-30-14-12-28-67(69)55-43-47-61(48-44-55)74(59-21-3-1-4-22-59)60-23-5-2-6-24-60/h1-49,72-73H/b71-49-,72-70?. The van der Waals surface area contributed by atoms with E-state index in [2.05, 4.69) is 301 Å². The molecule has 0 saturated carbocycles. The van der Waals surface area contributed by atoms with Crippen LogP contribution in [0, 0.1) is 5.41 Å². The molecule has 0 fully saturated rings. The highest BCUT2D eigenvalue weighted by molar-refractivity contribution is 6.12. The zero-order valence-electron chi connectivity index (χ0n) is 40.7. The number of allylic oxidation sites excluding steroid dienone is 1. The fraction of sp³-hybridized carbons (Fsp3) is 0. The van der Waals surface area contributed by atoms with Gasteiger partial charge in [-0.3, -0.25) is 0 Å². The molecule has 12 aromatic rings. The maximum absolute atomic E-state index is 9.46. The molecule has 12 rings (SSSR count). The van der Waals surface area contributed by atoms with Gasteiger partial charge >= 0.3 is 0 Å². The molecule has 0 aliphatic rings. The minimum atomic E-state index is 0.415. The Bertz CT molecular complexity index is 3900. The number of benzene rings is 12. The highest BCUT2D eigenvalue weighted by Gasteiger charge is 2.16. The predicted molar refractivity (Wildman–Crippen MR) is 315 cm³/mol. The Labute approximate surface area is 433 Å². The quantitative estimate of drug-likeness (QED) is 0.113. The van der Waals surface area contributed by atoms with Gasteiger partial charge in [0.1, 0.15) is 0 Å². The first-order valence-electron chi connectivity index (χ1n) is 25.2. The lowest BCUT2D eigenvalue weighted by molar-refractivity contribution is 1.28. The van der Waals surface area contributed by atoms with Crippen LogP contribution >= 0.6 is 0 Å². The van der Waals surface area contributed by atoms with E-state index in [4.69, 9.17) is 0 Å². The molecule has 0 aliphatic heterocycles. The minimum absolute atomic E-state index is 0.415. The van der Waals surface area contributed by atoms with E-state index < -0.39 is 0 Å². The Balaban J connectivity index is 0.849. The molecule has 0 spiro atoms. The molecule has 0 amide bonds. The molecule has 0 radical (unpaired) electrons. The van der Waals surface area contributed by atoms with E-state index in [1.54, 1.807) is 0 Å². The normalized spacial score (nSPS) is 11.4. The molecule has 12 aromatic carbocycles. The molecular formula is C71H51N3. The summed E-state index contributed by atoms with van der Waals surface area (Å²) in [5, 5.41) is 18.1. The first-order chi connectivity index (χ1) is 36.6. The third-order valence-electron chi connectivity index (χ3n) is 14.0. The lowest BCUT2D eigenvalue weighted by Gasteiger charge is -2.25. The molecule has 0 bridgehead atoms. The van der Waals surface area contributed by atoms with Gasteiger partial charge in [0.05, 0.1) is 5.71 Å². The van der Waals surface area contributed by atoms with Gasteiger partial charge in [-0.05, 0) is 143 Å².